The first-order chi connectivity index (χ1) is 6.77. The topological polar surface area (TPSA) is 51.5 Å². The number of carbonyl (C=O) groups excluding carboxylic acids is 1. The first-order valence-electron chi connectivity index (χ1n) is 4.61. The summed E-state index contributed by atoms with van der Waals surface area (Å²) in [6, 6.07) is 3.36. The minimum Gasteiger partial charge on any atom is -0.459 e. The van der Waals surface area contributed by atoms with E-state index in [4.69, 9.17) is 9.15 Å². The molecule has 1 unspecified atom stereocenters. The molecule has 1 aromatic rings. The third kappa shape index (κ3) is 2.88. The molecule has 78 valence electrons. The second-order valence-electron chi connectivity index (χ2n) is 3.01. The molecule has 0 radical (unpaired) electrons. The largest absolute Gasteiger partial charge is 0.459 e. The highest BCUT2D eigenvalue weighted by molar-refractivity contribution is 5.91. The molecule has 0 bridgehead atoms. The number of rotatable bonds is 5. The van der Waals surface area contributed by atoms with Gasteiger partial charge in [-0.25, -0.2) is 0 Å². The van der Waals surface area contributed by atoms with Crippen molar-refractivity contribution in [1.82, 2.24) is 5.32 Å². The molecule has 4 nitrogen and oxygen atoms in total. The molecule has 0 aliphatic carbocycles. The van der Waals surface area contributed by atoms with Crippen molar-refractivity contribution in [3.8, 4) is 0 Å². The van der Waals surface area contributed by atoms with Crippen molar-refractivity contribution in [3.63, 3.8) is 0 Å². The third-order valence-electron chi connectivity index (χ3n) is 1.94. The Morgan fingerprint density at radius 2 is 2.50 bits per heavy atom. The van der Waals surface area contributed by atoms with Crippen molar-refractivity contribution >= 4 is 5.91 Å². The van der Waals surface area contributed by atoms with Crippen molar-refractivity contribution in [2.45, 2.75) is 19.4 Å². The fourth-order valence-electron chi connectivity index (χ4n) is 1.13. The Morgan fingerprint density at radius 1 is 1.71 bits per heavy atom. The number of ether oxygens (including phenoxy) is 1. The summed E-state index contributed by atoms with van der Waals surface area (Å²) in [6.45, 7) is 2.51. The van der Waals surface area contributed by atoms with E-state index < -0.39 is 0 Å². The zero-order chi connectivity index (χ0) is 10.4. The van der Waals surface area contributed by atoms with E-state index in [1.54, 1.807) is 19.2 Å². The van der Waals surface area contributed by atoms with Gasteiger partial charge < -0.3 is 14.5 Å². The van der Waals surface area contributed by atoms with Crippen LogP contribution in [-0.4, -0.2) is 25.7 Å². The molecule has 0 aliphatic heterocycles. The second kappa shape index (κ2) is 5.44. The van der Waals surface area contributed by atoms with Crippen LogP contribution in [0.5, 0.6) is 0 Å². The summed E-state index contributed by atoms with van der Waals surface area (Å²) in [7, 11) is 1.61. The fraction of sp³-hybridized carbons (Fsp3) is 0.500. The molecule has 0 aliphatic rings. The third-order valence-corrected chi connectivity index (χ3v) is 1.94. The first kappa shape index (κ1) is 10.8. The summed E-state index contributed by atoms with van der Waals surface area (Å²) in [5, 5.41) is 2.81. The Balaban J connectivity index is 2.47. The molecule has 1 amide bonds. The second-order valence-corrected chi connectivity index (χ2v) is 3.01. The summed E-state index contributed by atoms with van der Waals surface area (Å²) in [5.41, 5.74) is 0. The minimum atomic E-state index is -0.195. The maximum atomic E-state index is 11.5. The van der Waals surface area contributed by atoms with Crippen LogP contribution < -0.4 is 5.32 Å². The lowest BCUT2D eigenvalue weighted by Gasteiger charge is -2.14. The summed E-state index contributed by atoms with van der Waals surface area (Å²) in [4.78, 5) is 11.5. The van der Waals surface area contributed by atoms with Gasteiger partial charge in [0.05, 0.1) is 18.9 Å². The van der Waals surface area contributed by atoms with Gasteiger partial charge in [-0.1, -0.05) is 6.92 Å². The first-order valence-corrected chi connectivity index (χ1v) is 4.61. The normalized spacial score (nSPS) is 12.4. The minimum absolute atomic E-state index is 0.0394. The molecular weight excluding hydrogens is 182 g/mol. The van der Waals surface area contributed by atoms with Crippen molar-refractivity contribution < 1.29 is 13.9 Å². The van der Waals surface area contributed by atoms with Gasteiger partial charge in [0.1, 0.15) is 0 Å². The number of amides is 1. The highest BCUT2D eigenvalue weighted by Crippen LogP contribution is 2.01. The van der Waals surface area contributed by atoms with E-state index in [-0.39, 0.29) is 11.9 Å². The highest BCUT2D eigenvalue weighted by atomic mass is 16.5. The number of carbonyl (C=O) groups is 1. The number of furan rings is 1. The predicted molar refractivity (Wildman–Crippen MR) is 52.1 cm³/mol. The number of nitrogens with one attached hydrogen (secondary N) is 1. The van der Waals surface area contributed by atoms with Crippen molar-refractivity contribution in [1.29, 1.82) is 0 Å². The van der Waals surface area contributed by atoms with Gasteiger partial charge in [-0.05, 0) is 18.6 Å². The average molecular weight is 197 g/mol. The Morgan fingerprint density at radius 3 is 3.00 bits per heavy atom. The number of hydrogen-bond donors (Lipinski definition) is 1. The molecule has 0 fully saturated rings. The molecule has 1 atom stereocenters. The van der Waals surface area contributed by atoms with Crippen molar-refractivity contribution in [2.24, 2.45) is 0 Å². The zero-order valence-corrected chi connectivity index (χ0v) is 8.45. The fourth-order valence-corrected chi connectivity index (χ4v) is 1.13. The quantitative estimate of drug-likeness (QED) is 0.777. The van der Waals surface area contributed by atoms with Crippen molar-refractivity contribution in [2.75, 3.05) is 13.7 Å². The molecule has 0 saturated heterocycles. The number of methoxy groups -OCH3 is 1. The van der Waals surface area contributed by atoms with Crippen LogP contribution >= 0.6 is 0 Å². The van der Waals surface area contributed by atoms with Crippen LogP contribution in [0.25, 0.3) is 0 Å². The Labute approximate surface area is 83.2 Å². The summed E-state index contributed by atoms with van der Waals surface area (Å²) in [6.07, 6.45) is 2.31. The van der Waals surface area contributed by atoms with Gasteiger partial charge in [-0.3, -0.25) is 4.79 Å². The van der Waals surface area contributed by atoms with Crippen LogP contribution in [0.1, 0.15) is 23.9 Å². The standard InChI is InChI=1S/C10H15NO3/c1-3-8(7-13-2)11-10(12)9-5-4-6-14-9/h4-6,8H,3,7H2,1-2H3,(H,11,12). The SMILES string of the molecule is CCC(COC)NC(=O)c1ccco1. The molecular formula is C10H15NO3. The lowest BCUT2D eigenvalue weighted by atomic mass is 10.2. The smallest absolute Gasteiger partial charge is 0.287 e. The Kier molecular flexibility index (Phi) is 4.19. The van der Waals surface area contributed by atoms with Crippen LogP contribution in [-0.2, 0) is 4.74 Å². The van der Waals surface area contributed by atoms with Crippen LogP contribution in [0.3, 0.4) is 0 Å². The van der Waals surface area contributed by atoms with E-state index in [0.29, 0.717) is 12.4 Å². The van der Waals surface area contributed by atoms with Gasteiger partial charge in [-0.2, -0.15) is 0 Å². The number of hydrogen-bond acceptors (Lipinski definition) is 3. The van der Waals surface area contributed by atoms with Gasteiger partial charge in [0.25, 0.3) is 5.91 Å². The highest BCUT2D eigenvalue weighted by Gasteiger charge is 2.13. The molecule has 1 heterocycles. The van der Waals surface area contributed by atoms with Gasteiger partial charge in [0.2, 0.25) is 0 Å². The van der Waals surface area contributed by atoms with Crippen LogP contribution in [0.15, 0.2) is 22.8 Å². The van der Waals surface area contributed by atoms with Crippen LogP contribution in [0.4, 0.5) is 0 Å². The maximum Gasteiger partial charge on any atom is 0.287 e. The summed E-state index contributed by atoms with van der Waals surface area (Å²) >= 11 is 0. The van der Waals surface area contributed by atoms with Crippen molar-refractivity contribution in [3.05, 3.63) is 24.2 Å². The van der Waals surface area contributed by atoms with Gasteiger partial charge in [-0.15, -0.1) is 0 Å². The molecule has 0 spiro atoms. The van der Waals surface area contributed by atoms with E-state index in [0.717, 1.165) is 6.42 Å². The molecule has 1 rings (SSSR count). The predicted octanol–water partition coefficient (Wildman–Crippen LogP) is 1.43. The van der Waals surface area contributed by atoms with Crippen LogP contribution in [0.2, 0.25) is 0 Å². The van der Waals surface area contributed by atoms with E-state index in [1.165, 1.54) is 6.26 Å². The molecule has 0 aromatic carbocycles. The van der Waals surface area contributed by atoms with E-state index >= 15 is 0 Å². The lowest BCUT2D eigenvalue weighted by molar-refractivity contribution is 0.0867. The summed E-state index contributed by atoms with van der Waals surface area (Å²) in [5.74, 6) is 0.137. The monoisotopic (exact) mass is 197 g/mol. The maximum absolute atomic E-state index is 11.5. The van der Waals surface area contributed by atoms with E-state index in [2.05, 4.69) is 5.32 Å². The molecule has 1 N–H and O–H groups in total. The zero-order valence-electron chi connectivity index (χ0n) is 8.45. The molecule has 14 heavy (non-hydrogen) atoms. The molecule has 1 aromatic heterocycles. The average Bonchev–Trinajstić information content (AvgIpc) is 2.69. The van der Waals surface area contributed by atoms with Gasteiger partial charge >= 0.3 is 0 Å². The lowest BCUT2D eigenvalue weighted by Crippen LogP contribution is -2.37. The van der Waals surface area contributed by atoms with Crippen LogP contribution in [0, 0.1) is 0 Å². The molecule has 4 heteroatoms. The Hall–Kier alpha value is -1.29. The Bertz CT molecular complexity index is 269. The van der Waals surface area contributed by atoms with E-state index in [9.17, 15) is 4.79 Å². The van der Waals surface area contributed by atoms with E-state index in [1.807, 2.05) is 6.92 Å². The summed E-state index contributed by atoms with van der Waals surface area (Å²) < 4.78 is 9.93. The van der Waals surface area contributed by atoms with Gasteiger partial charge in [0, 0.05) is 7.11 Å². The molecule has 0 saturated carbocycles. The van der Waals surface area contributed by atoms with Gasteiger partial charge in [0.15, 0.2) is 5.76 Å².